The first kappa shape index (κ1) is 31.6. The van der Waals surface area contributed by atoms with Gasteiger partial charge in [0.15, 0.2) is 0 Å². The predicted molar refractivity (Wildman–Crippen MR) is 161 cm³/mol. The standard InChI is InChI=1S/C31H35FN4O6S/c1-22-16-17-26(36(39)40)19-28(22)35(43(2,41)42)21-30(37)34(20-24-12-6-9-15-27(24)32)29(18-23-10-4-3-5-11-23)31(38)33-25-13-7-8-14-25/h3-6,9-12,15-17,19,25,29H,7-8,13-14,18,20-21H2,1-2H3,(H,33,38). The maximum absolute atomic E-state index is 14.9. The number of hydrogen-bond acceptors (Lipinski definition) is 6. The molecule has 1 saturated carbocycles. The molecule has 12 heteroatoms. The number of nitrogens with one attached hydrogen (secondary N) is 1. The zero-order valence-corrected chi connectivity index (χ0v) is 24.9. The molecule has 1 atom stereocenters. The van der Waals surface area contributed by atoms with E-state index in [1.807, 2.05) is 18.2 Å². The van der Waals surface area contributed by atoms with Gasteiger partial charge in [-0.25, -0.2) is 12.8 Å². The Bertz CT molecular complexity index is 1580. The molecular formula is C31H35FN4O6S. The van der Waals surface area contributed by atoms with Crippen LogP contribution in [0, 0.1) is 22.9 Å². The molecule has 0 aromatic heterocycles. The van der Waals surface area contributed by atoms with E-state index in [1.165, 1.54) is 35.2 Å². The van der Waals surface area contributed by atoms with E-state index in [-0.39, 0.29) is 35.9 Å². The Labute approximate surface area is 250 Å². The third-order valence-corrected chi connectivity index (χ3v) is 8.75. The van der Waals surface area contributed by atoms with Gasteiger partial charge in [-0.2, -0.15) is 0 Å². The van der Waals surface area contributed by atoms with Gasteiger partial charge in [-0.15, -0.1) is 0 Å². The predicted octanol–water partition coefficient (Wildman–Crippen LogP) is 4.51. The van der Waals surface area contributed by atoms with Gasteiger partial charge in [0.1, 0.15) is 18.4 Å². The number of carbonyl (C=O) groups is 2. The molecule has 1 aliphatic carbocycles. The normalized spacial score (nSPS) is 14.2. The Hall–Kier alpha value is -4.32. The van der Waals surface area contributed by atoms with Crippen molar-refractivity contribution in [3.8, 4) is 0 Å². The van der Waals surface area contributed by atoms with Gasteiger partial charge in [0.05, 0.1) is 16.9 Å². The van der Waals surface area contributed by atoms with Crippen LogP contribution in [0.3, 0.4) is 0 Å². The van der Waals surface area contributed by atoms with Crippen molar-refractivity contribution in [2.24, 2.45) is 0 Å². The Morgan fingerprint density at radius 1 is 1.05 bits per heavy atom. The van der Waals surface area contributed by atoms with Crippen molar-refractivity contribution < 1.29 is 27.3 Å². The van der Waals surface area contributed by atoms with Gasteiger partial charge < -0.3 is 10.2 Å². The maximum atomic E-state index is 14.9. The van der Waals surface area contributed by atoms with Crippen LogP contribution < -0.4 is 9.62 Å². The van der Waals surface area contributed by atoms with Crippen molar-refractivity contribution in [1.82, 2.24) is 10.2 Å². The quantitative estimate of drug-likeness (QED) is 0.237. The summed E-state index contributed by atoms with van der Waals surface area (Å²) in [4.78, 5) is 40.0. The number of carbonyl (C=O) groups excluding carboxylic acids is 2. The molecule has 0 aliphatic heterocycles. The fourth-order valence-electron chi connectivity index (χ4n) is 5.31. The van der Waals surface area contributed by atoms with Crippen molar-refractivity contribution in [1.29, 1.82) is 0 Å². The van der Waals surface area contributed by atoms with Crippen LogP contribution in [0.4, 0.5) is 15.8 Å². The van der Waals surface area contributed by atoms with Crippen LogP contribution >= 0.6 is 0 Å². The Kier molecular flexibility index (Phi) is 10.1. The Balaban J connectivity index is 1.77. The lowest BCUT2D eigenvalue weighted by molar-refractivity contribution is -0.384. The van der Waals surface area contributed by atoms with E-state index in [0.717, 1.165) is 47.9 Å². The van der Waals surface area contributed by atoms with Gasteiger partial charge in [0.25, 0.3) is 5.69 Å². The highest BCUT2D eigenvalue weighted by atomic mass is 32.2. The second kappa shape index (κ2) is 13.8. The van der Waals surface area contributed by atoms with Gasteiger partial charge in [0, 0.05) is 36.7 Å². The number of non-ortho nitro benzene ring substituents is 1. The molecule has 1 unspecified atom stereocenters. The number of halogens is 1. The molecule has 1 N–H and O–H groups in total. The average molecular weight is 611 g/mol. The van der Waals surface area contributed by atoms with Crippen LogP contribution in [0.25, 0.3) is 0 Å². The minimum absolute atomic E-state index is 0.0362. The minimum atomic E-state index is -4.13. The third-order valence-electron chi connectivity index (χ3n) is 7.62. The van der Waals surface area contributed by atoms with Gasteiger partial charge >= 0.3 is 0 Å². The minimum Gasteiger partial charge on any atom is -0.352 e. The van der Waals surface area contributed by atoms with Gasteiger partial charge in [0.2, 0.25) is 21.8 Å². The van der Waals surface area contributed by atoms with Crippen LogP contribution in [0.15, 0.2) is 72.8 Å². The van der Waals surface area contributed by atoms with Gasteiger partial charge in [-0.05, 0) is 37.0 Å². The molecule has 2 amide bonds. The Morgan fingerprint density at radius 3 is 2.33 bits per heavy atom. The smallest absolute Gasteiger partial charge is 0.271 e. The molecule has 0 saturated heterocycles. The fourth-order valence-corrected chi connectivity index (χ4v) is 6.21. The average Bonchev–Trinajstić information content (AvgIpc) is 3.47. The van der Waals surface area contributed by atoms with Crippen molar-refractivity contribution in [3.63, 3.8) is 0 Å². The highest BCUT2D eigenvalue weighted by Gasteiger charge is 2.35. The van der Waals surface area contributed by atoms with Crippen LogP contribution in [0.2, 0.25) is 0 Å². The monoisotopic (exact) mass is 610 g/mol. The van der Waals surface area contributed by atoms with Crippen molar-refractivity contribution in [3.05, 3.63) is 105 Å². The van der Waals surface area contributed by atoms with E-state index < -0.39 is 45.2 Å². The number of nitro groups is 1. The van der Waals surface area contributed by atoms with E-state index in [9.17, 15) is 32.5 Å². The largest absolute Gasteiger partial charge is 0.352 e. The SMILES string of the molecule is Cc1ccc([N+](=O)[O-])cc1N(CC(=O)N(Cc1ccccc1F)C(Cc1ccccc1)C(=O)NC1CCCC1)S(C)(=O)=O. The summed E-state index contributed by atoms with van der Waals surface area (Å²) >= 11 is 0. The van der Waals surface area contributed by atoms with Crippen LogP contribution in [0.1, 0.15) is 42.4 Å². The molecule has 1 aliphatic rings. The number of nitro benzene ring substituents is 1. The van der Waals surface area contributed by atoms with Crippen LogP contribution in [0.5, 0.6) is 0 Å². The molecule has 4 rings (SSSR count). The zero-order chi connectivity index (χ0) is 31.1. The molecule has 43 heavy (non-hydrogen) atoms. The highest BCUT2D eigenvalue weighted by molar-refractivity contribution is 7.92. The first-order valence-corrected chi connectivity index (χ1v) is 15.9. The third kappa shape index (κ3) is 8.16. The molecule has 0 spiro atoms. The van der Waals surface area contributed by atoms with Crippen molar-refractivity contribution in [2.75, 3.05) is 17.1 Å². The first-order chi connectivity index (χ1) is 20.4. The molecular weight excluding hydrogens is 575 g/mol. The summed E-state index contributed by atoms with van der Waals surface area (Å²) in [5, 5.41) is 14.5. The molecule has 228 valence electrons. The van der Waals surface area contributed by atoms with Crippen molar-refractivity contribution >= 4 is 33.2 Å². The molecule has 1 fully saturated rings. The lowest BCUT2D eigenvalue weighted by atomic mass is 10.0. The van der Waals surface area contributed by atoms with E-state index in [0.29, 0.717) is 5.56 Å². The molecule has 0 radical (unpaired) electrons. The number of nitrogens with zero attached hydrogens (tertiary/aromatic N) is 3. The zero-order valence-electron chi connectivity index (χ0n) is 24.1. The van der Waals surface area contributed by atoms with E-state index in [1.54, 1.807) is 25.1 Å². The van der Waals surface area contributed by atoms with Crippen LogP contribution in [-0.4, -0.2) is 54.9 Å². The molecule has 10 nitrogen and oxygen atoms in total. The summed E-state index contributed by atoms with van der Waals surface area (Å²) in [5.41, 5.74) is 0.924. The summed E-state index contributed by atoms with van der Waals surface area (Å²) < 4.78 is 41.7. The maximum Gasteiger partial charge on any atom is 0.271 e. The number of anilines is 1. The Morgan fingerprint density at radius 2 is 1.70 bits per heavy atom. The number of aryl methyl sites for hydroxylation is 1. The second-order valence-electron chi connectivity index (χ2n) is 10.8. The number of benzene rings is 3. The number of sulfonamides is 1. The van der Waals surface area contributed by atoms with Gasteiger partial charge in [-0.1, -0.05) is 67.4 Å². The number of amides is 2. The lowest BCUT2D eigenvalue weighted by Gasteiger charge is -2.34. The summed E-state index contributed by atoms with van der Waals surface area (Å²) in [7, 11) is -4.13. The fraction of sp³-hybridized carbons (Fsp3) is 0.355. The topological polar surface area (TPSA) is 130 Å². The van der Waals surface area contributed by atoms with Gasteiger partial charge in [-0.3, -0.25) is 24.0 Å². The first-order valence-electron chi connectivity index (χ1n) is 14.0. The molecule has 3 aromatic rings. The summed E-state index contributed by atoms with van der Waals surface area (Å²) in [5.74, 6) is -1.76. The number of hydrogen-bond donors (Lipinski definition) is 1. The highest BCUT2D eigenvalue weighted by Crippen LogP contribution is 2.28. The lowest BCUT2D eigenvalue weighted by Crippen LogP contribution is -2.54. The van der Waals surface area contributed by atoms with Crippen molar-refractivity contribution in [2.45, 2.75) is 57.7 Å². The molecule has 0 bridgehead atoms. The van der Waals surface area contributed by atoms with E-state index >= 15 is 0 Å². The molecule has 0 heterocycles. The summed E-state index contributed by atoms with van der Waals surface area (Å²) in [6, 6.07) is 17.5. The second-order valence-corrected chi connectivity index (χ2v) is 12.7. The van der Waals surface area contributed by atoms with Crippen LogP contribution in [-0.2, 0) is 32.6 Å². The molecule has 3 aromatic carbocycles. The van der Waals surface area contributed by atoms with E-state index in [4.69, 9.17) is 0 Å². The number of rotatable bonds is 12. The van der Waals surface area contributed by atoms with E-state index in [2.05, 4.69) is 5.32 Å². The summed E-state index contributed by atoms with van der Waals surface area (Å²) in [6.45, 7) is 0.524. The summed E-state index contributed by atoms with van der Waals surface area (Å²) in [6.07, 6.45) is 4.55.